The number of hydrogen-bond acceptors (Lipinski definition) is 3. The number of carbonyl (C=O) groups is 1. The van der Waals surface area contributed by atoms with Crippen molar-refractivity contribution >= 4 is 11.6 Å². The van der Waals surface area contributed by atoms with E-state index >= 15 is 0 Å². The van der Waals surface area contributed by atoms with Crippen LogP contribution in [0.2, 0.25) is 0 Å². The lowest BCUT2D eigenvalue weighted by Crippen LogP contribution is -2.56. The van der Waals surface area contributed by atoms with E-state index in [0.29, 0.717) is 5.56 Å². The number of benzene rings is 2. The average Bonchev–Trinajstić information content (AvgIpc) is 3.01. The van der Waals surface area contributed by atoms with Gasteiger partial charge in [0.05, 0.1) is 12.1 Å². The number of alkyl halides is 3. The van der Waals surface area contributed by atoms with Crippen LogP contribution >= 0.6 is 0 Å². The first-order valence-electron chi connectivity index (χ1n) is 8.53. The van der Waals surface area contributed by atoms with Crippen LogP contribution in [0.3, 0.4) is 0 Å². The molecule has 2 aromatic carbocycles. The molecule has 0 unspecified atom stereocenters. The van der Waals surface area contributed by atoms with Crippen molar-refractivity contribution in [2.45, 2.75) is 38.6 Å². The Morgan fingerprint density at radius 1 is 1.15 bits per heavy atom. The molecule has 2 aromatic rings. The molecule has 7 heteroatoms. The molecule has 0 saturated heterocycles. The molecule has 1 aliphatic rings. The number of aliphatic hydroxyl groups is 1. The molecule has 1 N–H and O–H groups in total. The highest BCUT2D eigenvalue weighted by Crippen LogP contribution is 2.42. The highest BCUT2D eigenvalue weighted by Gasteiger charge is 2.63. The summed E-state index contributed by atoms with van der Waals surface area (Å²) in [6.07, 6.45) is -5.08. The fourth-order valence-electron chi connectivity index (χ4n) is 2.89. The van der Waals surface area contributed by atoms with Crippen LogP contribution in [-0.2, 0) is 6.42 Å². The monoisotopic (exact) mass is 376 g/mol. The fraction of sp³-hybridized carbons (Fsp3) is 0.300. The summed E-state index contributed by atoms with van der Waals surface area (Å²) in [7, 11) is 0. The molecule has 1 heterocycles. The van der Waals surface area contributed by atoms with Crippen molar-refractivity contribution in [3.63, 3.8) is 0 Å². The van der Waals surface area contributed by atoms with Gasteiger partial charge in [-0.05, 0) is 36.6 Å². The zero-order valence-electron chi connectivity index (χ0n) is 14.9. The summed E-state index contributed by atoms with van der Waals surface area (Å²) >= 11 is 0. The van der Waals surface area contributed by atoms with Crippen molar-refractivity contribution < 1.29 is 23.1 Å². The minimum absolute atomic E-state index is 0.0120. The maximum Gasteiger partial charge on any atom is 0.438 e. The smallest absolute Gasteiger partial charge is 0.362 e. The summed E-state index contributed by atoms with van der Waals surface area (Å²) in [6, 6.07) is 12.9. The quantitative estimate of drug-likeness (QED) is 0.878. The highest BCUT2D eigenvalue weighted by atomic mass is 19.4. The van der Waals surface area contributed by atoms with Gasteiger partial charge in [0.15, 0.2) is 0 Å². The molecule has 3 rings (SSSR count). The van der Waals surface area contributed by atoms with Crippen LogP contribution in [0.4, 0.5) is 13.2 Å². The number of rotatable bonds is 3. The lowest BCUT2D eigenvalue weighted by atomic mass is 9.99. The molecule has 0 radical (unpaired) electrons. The second-order valence-corrected chi connectivity index (χ2v) is 6.57. The molecule has 0 saturated carbocycles. The Balaban J connectivity index is 2.01. The van der Waals surface area contributed by atoms with Gasteiger partial charge < -0.3 is 5.11 Å². The van der Waals surface area contributed by atoms with E-state index in [1.807, 2.05) is 6.92 Å². The first-order valence-corrected chi connectivity index (χ1v) is 8.53. The Morgan fingerprint density at radius 2 is 1.74 bits per heavy atom. The van der Waals surface area contributed by atoms with Crippen LogP contribution in [0.1, 0.15) is 40.4 Å². The van der Waals surface area contributed by atoms with E-state index in [9.17, 15) is 23.1 Å². The molecule has 0 aromatic heterocycles. The van der Waals surface area contributed by atoms with Gasteiger partial charge in [0.2, 0.25) is 0 Å². The third-order valence-electron chi connectivity index (χ3n) is 4.63. The van der Waals surface area contributed by atoms with Crippen LogP contribution in [0, 0.1) is 6.92 Å². The van der Waals surface area contributed by atoms with E-state index in [-0.39, 0.29) is 16.3 Å². The molecule has 1 aliphatic heterocycles. The third kappa shape index (κ3) is 3.47. The summed E-state index contributed by atoms with van der Waals surface area (Å²) in [4.78, 5) is 12.7. The van der Waals surface area contributed by atoms with Crippen LogP contribution < -0.4 is 0 Å². The number of hydrazone groups is 1. The van der Waals surface area contributed by atoms with Gasteiger partial charge in [0.1, 0.15) is 0 Å². The Kier molecular flexibility index (Phi) is 4.82. The molecular formula is C20H19F3N2O2. The van der Waals surface area contributed by atoms with Crippen LogP contribution in [0.25, 0.3) is 0 Å². The van der Waals surface area contributed by atoms with Crippen molar-refractivity contribution in [3.05, 3.63) is 70.8 Å². The predicted octanol–water partition coefficient (Wildman–Crippen LogP) is 4.06. The summed E-state index contributed by atoms with van der Waals surface area (Å²) in [5.41, 5.74) is -1.02. The number of amides is 1. The minimum Gasteiger partial charge on any atom is -0.362 e. The molecule has 27 heavy (non-hydrogen) atoms. The number of aryl methyl sites for hydroxylation is 2. The lowest BCUT2D eigenvalue weighted by molar-refractivity contribution is -0.297. The van der Waals surface area contributed by atoms with Crippen molar-refractivity contribution in [2.24, 2.45) is 5.10 Å². The maximum atomic E-state index is 13.6. The second-order valence-electron chi connectivity index (χ2n) is 6.57. The summed E-state index contributed by atoms with van der Waals surface area (Å²) < 4.78 is 40.9. The highest BCUT2D eigenvalue weighted by molar-refractivity contribution is 6.05. The first-order chi connectivity index (χ1) is 12.7. The van der Waals surface area contributed by atoms with Gasteiger partial charge in [0.25, 0.3) is 11.6 Å². The third-order valence-corrected chi connectivity index (χ3v) is 4.63. The van der Waals surface area contributed by atoms with Crippen molar-refractivity contribution in [2.75, 3.05) is 0 Å². The molecule has 4 nitrogen and oxygen atoms in total. The minimum atomic E-state index is -5.05. The largest absolute Gasteiger partial charge is 0.438 e. The SMILES string of the molecule is CCc1ccc(C2=NN(C(=O)c3ccc(C)cc3)[C@](O)(C(F)(F)F)C2)cc1. The normalized spacial score (nSPS) is 19.9. The zero-order valence-corrected chi connectivity index (χ0v) is 14.9. The fourth-order valence-corrected chi connectivity index (χ4v) is 2.89. The van der Waals surface area contributed by atoms with Crippen LogP contribution in [0.15, 0.2) is 53.6 Å². The van der Waals surface area contributed by atoms with Crippen molar-refractivity contribution in [1.82, 2.24) is 5.01 Å². The van der Waals surface area contributed by atoms with Gasteiger partial charge in [-0.25, -0.2) is 0 Å². The molecule has 0 bridgehead atoms. The number of nitrogens with zero attached hydrogens (tertiary/aromatic N) is 2. The Morgan fingerprint density at radius 3 is 2.26 bits per heavy atom. The van der Waals surface area contributed by atoms with Gasteiger partial charge in [0, 0.05) is 5.56 Å². The van der Waals surface area contributed by atoms with E-state index in [4.69, 9.17) is 0 Å². The molecule has 0 fully saturated rings. The van der Waals surface area contributed by atoms with Crippen LogP contribution in [0.5, 0.6) is 0 Å². The van der Waals surface area contributed by atoms with E-state index < -0.39 is 24.2 Å². The molecule has 0 aliphatic carbocycles. The number of halogens is 3. The van der Waals surface area contributed by atoms with Gasteiger partial charge in [-0.2, -0.15) is 23.3 Å². The maximum absolute atomic E-state index is 13.6. The predicted molar refractivity (Wildman–Crippen MR) is 95.3 cm³/mol. The van der Waals surface area contributed by atoms with Gasteiger partial charge >= 0.3 is 6.18 Å². The first kappa shape index (κ1) is 19.1. The van der Waals surface area contributed by atoms with Crippen molar-refractivity contribution in [1.29, 1.82) is 0 Å². The van der Waals surface area contributed by atoms with E-state index in [0.717, 1.165) is 17.5 Å². The summed E-state index contributed by atoms with van der Waals surface area (Å²) in [5.74, 6) is -1.00. The van der Waals surface area contributed by atoms with E-state index in [1.54, 1.807) is 43.3 Å². The van der Waals surface area contributed by atoms with Crippen LogP contribution in [-0.4, -0.2) is 33.6 Å². The standard InChI is InChI=1S/C20H19F3N2O2/c1-3-14-6-10-15(11-7-14)17-12-19(27,20(21,22)23)25(24-17)18(26)16-8-4-13(2)5-9-16/h4-11,27H,3,12H2,1-2H3/t19-/m1/s1. The summed E-state index contributed by atoms with van der Waals surface area (Å²) in [5, 5.41) is 14.4. The van der Waals surface area contributed by atoms with Gasteiger partial charge in [-0.15, -0.1) is 0 Å². The molecule has 1 amide bonds. The van der Waals surface area contributed by atoms with Gasteiger partial charge in [-0.3, -0.25) is 4.79 Å². The van der Waals surface area contributed by atoms with E-state index in [2.05, 4.69) is 5.10 Å². The number of hydrogen-bond donors (Lipinski definition) is 1. The zero-order chi connectivity index (χ0) is 19.8. The molecular weight excluding hydrogens is 357 g/mol. The van der Waals surface area contributed by atoms with Crippen molar-refractivity contribution in [3.8, 4) is 0 Å². The second kappa shape index (κ2) is 6.81. The molecule has 1 atom stereocenters. The van der Waals surface area contributed by atoms with Gasteiger partial charge in [-0.1, -0.05) is 48.9 Å². The Bertz CT molecular complexity index is 874. The van der Waals surface area contributed by atoms with E-state index in [1.165, 1.54) is 12.1 Å². The molecule has 0 spiro atoms. The lowest BCUT2D eigenvalue weighted by Gasteiger charge is -2.32. The Hall–Kier alpha value is -2.67. The Labute approximate surface area is 154 Å². The molecule has 142 valence electrons. The topological polar surface area (TPSA) is 52.9 Å². The number of carbonyl (C=O) groups excluding carboxylic acids is 1. The average molecular weight is 376 g/mol. The summed E-state index contributed by atoms with van der Waals surface area (Å²) in [6.45, 7) is 3.76.